The van der Waals surface area contributed by atoms with Gasteiger partial charge in [-0.1, -0.05) is 26.0 Å². The van der Waals surface area contributed by atoms with Crippen LogP contribution < -0.4 is 5.32 Å². The molecule has 0 heterocycles. The Hall–Kier alpha value is -1.47. The summed E-state index contributed by atoms with van der Waals surface area (Å²) in [7, 11) is 0. The Morgan fingerprint density at radius 3 is 2.59 bits per heavy atom. The molecule has 4 heteroatoms. The number of benzene rings is 1. The van der Waals surface area contributed by atoms with Gasteiger partial charge in [-0.25, -0.2) is 0 Å². The van der Waals surface area contributed by atoms with E-state index in [1.807, 2.05) is 38.3 Å². The lowest BCUT2D eigenvalue weighted by atomic mass is 10.1. The van der Waals surface area contributed by atoms with Gasteiger partial charge in [0.25, 0.3) is 5.91 Å². The second-order valence-corrected chi connectivity index (χ2v) is 4.87. The zero-order valence-corrected chi connectivity index (χ0v) is 11.0. The number of hydrogen-bond acceptors (Lipinski definition) is 3. The van der Waals surface area contributed by atoms with Crippen LogP contribution in [0.15, 0.2) is 29.2 Å². The largest absolute Gasteiger partial charge is 0.336 e. The number of thioether (sulfide) groups is 1. The van der Waals surface area contributed by atoms with E-state index in [2.05, 4.69) is 11.4 Å². The molecule has 90 valence electrons. The number of rotatable bonds is 4. The van der Waals surface area contributed by atoms with E-state index in [0.717, 1.165) is 4.90 Å². The highest BCUT2D eigenvalue weighted by Crippen LogP contribution is 2.19. The number of carbonyl (C=O) groups is 1. The Bertz CT molecular complexity index is 437. The van der Waals surface area contributed by atoms with E-state index in [-0.39, 0.29) is 11.8 Å². The Balaban J connectivity index is 2.87. The molecule has 1 N–H and O–H groups in total. The quantitative estimate of drug-likeness (QED) is 0.833. The van der Waals surface area contributed by atoms with Crippen molar-refractivity contribution in [2.75, 3.05) is 6.26 Å². The lowest BCUT2D eigenvalue weighted by molar-refractivity contribution is 0.0934. The number of nitrogens with one attached hydrogen (secondary N) is 1. The van der Waals surface area contributed by atoms with Crippen LogP contribution in [-0.2, 0) is 0 Å². The number of nitriles is 1. The predicted octanol–water partition coefficient (Wildman–Crippen LogP) is 2.69. The summed E-state index contributed by atoms with van der Waals surface area (Å²) < 4.78 is 0. The predicted molar refractivity (Wildman–Crippen MR) is 69.9 cm³/mol. The average Bonchev–Trinajstić information content (AvgIpc) is 2.35. The zero-order valence-electron chi connectivity index (χ0n) is 10.2. The van der Waals surface area contributed by atoms with E-state index in [4.69, 9.17) is 5.26 Å². The molecule has 0 spiro atoms. The van der Waals surface area contributed by atoms with E-state index in [9.17, 15) is 4.79 Å². The van der Waals surface area contributed by atoms with Crippen molar-refractivity contribution in [1.29, 1.82) is 5.26 Å². The van der Waals surface area contributed by atoms with Gasteiger partial charge in [0.1, 0.15) is 6.04 Å². The summed E-state index contributed by atoms with van der Waals surface area (Å²) in [6.07, 6.45) is 1.93. The third kappa shape index (κ3) is 3.50. The Labute approximate surface area is 106 Å². The van der Waals surface area contributed by atoms with Gasteiger partial charge in [0, 0.05) is 4.90 Å². The van der Waals surface area contributed by atoms with Gasteiger partial charge in [0.05, 0.1) is 11.6 Å². The molecule has 1 unspecified atom stereocenters. The summed E-state index contributed by atoms with van der Waals surface area (Å²) in [5, 5.41) is 11.7. The molecule has 0 aliphatic heterocycles. The molecule has 0 saturated heterocycles. The lowest BCUT2D eigenvalue weighted by Gasteiger charge is -2.15. The number of nitrogens with zero attached hydrogens (tertiary/aromatic N) is 1. The van der Waals surface area contributed by atoms with Crippen LogP contribution in [0, 0.1) is 17.2 Å². The molecule has 17 heavy (non-hydrogen) atoms. The smallest absolute Gasteiger partial charge is 0.253 e. The van der Waals surface area contributed by atoms with Crippen LogP contribution in [0.25, 0.3) is 0 Å². The zero-order chi connectivity index (χ0) is 12.8. The van der Waals surface area contributed by atoms with Crippen LogP contribution >= 0.6 is 11.8 Å². The SMILES string of the molecule is CSc1ccccc1C(=O)NC(C#N)C(C)C. The first-order valence-electron chi connectivity index (χ1n) is 5.43. The molecule has 1 rings (SSSR count). The molecule has 0 aliphatic rings. The fourth-order valence-electron chi connectivity index (χ4n) is 1.40. The minimum absolute atomic E-state index is 0.102. The molecular weight excluding hydrogens is 232 g/mol. The van der Waals surface area contributed by atoms with Crippen molar-refractivity contribution in [3.8, 4) is 6.07 Å². The normalized spacial score (nSPS) is 11.9. The third-order valence-corrected chi connectivity index (χ3v) is 3.24. The molecule has 0 fully saturated rings. The van der Waals surface area contributed by atoms with E-state index >= 15 is 0 Å². The first-order valence-corrected chi connectivity index (χ1v) is 6.66. The summed E-state index contributed by atoms with van der Waals surface area (Å²) in [6.45, 7) is 3.82. The molecule has 0 aliphatic carbocycles. The van der Waals surface area contributed by atoms with Gasteiger partial charge in [0.15, 0.2) is 0 Å². The standard InChI is InChI=1S/C13H16N2OS/c1-9(2)11(8-14)15-13(16)10-6-4-5-7-12(10)17-3/h4-7,9,11H,1-3H3,(H,15,16). The van der Waals surface area contributed by atoms with Crippen LogP contribution in [0.2, 0.25) is 0 Å². The Morgan fingerprint density at radius 2 is 2.06 bits per heavy atom. The molecule has 1 atom stereocenters. The van der Waals surface area contributed by atoms with Gasteiger partial charge >= 0.3 is 0 Å². The monoisotopic (exact) mass is 248 g/mol. The molecule has 0 saturated carbocycles. The van der Waals surface area contributed by atoms with E-state index < -0.39 is 6.04 Å². The summed E-state index contributed by atoms with van der Waals surface area (Å²) in [5.41, 5.74) is 0.626. The van der Waals surface area contributed by atoms with Crippen molar-refractivity contribution in [3.63, 3.8) is 0 Å². The highest BCUT2D eigenvalue weighted by molar-refractivity contribution is 7.98. The average molecular weight is 248 g/mol. The van der Waals surface area contributed by atoms with E-state index in [1.54, 1.807) is 6.07 Å². The van der Waals surface area contributed by atoms with Crippen molar-refractivity contribution in [3.05, 3.63) is 29.8 Å². The highest BCUT2D eigenvalue weighted by atomic mass is 32.2. The maximum Gasteiger partial charge on any atom is 0.253 e. The van der Waals surface area contributed by atoms with Gasteiger partial charge in [-0.2, -0.15) is 5.26 Å². The van der Waals surface area contributed by atoms with Crippen molar-refractivity contribution < 1.29 is 4.79 Å². The van der Waals surface area contributed by atoms with Crippen LogP contribution in [0.1, 0.15) is 24.2 Å². The van der Waals surface area contributed by atoms with Crippen LogP contribution in [0.5, 0.6) is 0 Å². The van der Waals surface area contributed by atoms with Gasteiger partial charge in [-0.3, -0.25) is 4.79 Å². The molecule has 0 aromatic heterocycles. The third-order valence-electron chi connectivity index (χ3n) is 2.44. The molecule has 0 radical (unpaired) electrons. The highest BCUT2D eigenvalue weighted by Gasteiger charge is 2.17. The second-order valence-electron chi connectivity index (χ2n) is 4.02. The summed E-state index contributed by atoms with van der Waals surface area (Å²) in [5.74, 6) is -0.0828. The van der Waals surface area contributed by atoms with Crippen LogP contribution in [0.3, 0.4) is 0 Å². The maximum atomic E-state index is 12.0. The van der Waals surface area contributed by atoms with Gasteiger partial charge < -0.3 is 5.32 Å². The minimum Gasteiger partial charge on any atom is -0.336 e. The number of amides is 1. The fraction of sp³-hybridized carbons (Fsp3) is 0.385. The minimum atomic E-state index is -0.447. The number of hydrogen-bond donors (Lipinski definition) is 1. The molecule has 1 amide bonds. The first-order chi connectivity index (χ1) is 8.10. The van der Waals surface area contributed by atoms with Gasteiger partial charge in [0.2, 0.25) is 0 Å². The molecular formula is C13H16N2OS. The lowest BCUT2D eigenvalue weighted by Crippen LogP contribution is -2.37. The summed E-state index contributed by atoms with van der Waals surface area (Å²) >= 11 is 1.52. The van der Waals surface area contributed by atoms with Crippen molar-refractivity contribution in [2.24, 2.45) is 5.92 Å². The molecule has 0 bridgehead atoms. The van der Waals surface area contributed by atoms with Crippen molar-refractivity contribution >= 4 is 17.7 Å². The van der Waals surface area contributed by atoms with Crippen LogP contribution in [-0.4, -0.2) is 18.2 Å². The summed E-state index contributed by atoms with van der Waals surface area (Å²) in [6, 6.07) is 9.05. The van der Waals surface area contributed by atoms with Crippen LogP contribution in [0.4, 0.5) is 0 Å². The van der Waals surface area contributed by atoms with Crippen molar-refractivity contribution in [2.45, 2.75) is 24.8 Å². The fourth-order valence-corrected chi connectivity index (χ4v) is 1.99. The van der Waals surface area contributed by atoms with Gasteiger partial charge in [-0.05, 0) is 24.3 Å². The topological polar surface area (TPSA) is 52.9 Å². The molecule has 1 aromatic rings. The van der Waals surface area contributed by atoms with E-state index in [0.29, 0.717) is 5.56 Å². The van der Waals surface area contributed by atoms with Gasteiger partial charge in [-0.15, -0.1) is 11.8 Å². The van der Waals surface area contributed by atoms with Crippen molar-refractivity contribution in [1.82, 2.24) is 5.32 Å². The molecule has 1 aromatic carbocycles. The Morgan fingerprint density at radius 1 is 1.41 bits per heavy atom. The Kier molecular flexibility index (Phi) is 5.05. The first kappa shape index (κ1) is 13.6. The summed E-state index contributed by atoms with van der Waals surface area (Å²) in [4.78, 5) is 12.9. The molecule has 3 nitrogen and oxygen atoms in total. The second kappa shape index (κ2) is 6.31. The number of carbonyl (C=O) groups excluding carboxylic acids is 1. The maximum absolute atomic E-state index is 12.0. The van der Waals surface area contributed by atoms with E-state index in [1.165, 1.54) is 11.8 Å².